The summed E-state index contributed by atoms with van der Waals surface area (Å²) in [6.45, 7) is 5.85. The van der Waals surface area contributed by atoms with Crippen LogP contribution in [0.5, 0.6) is 0 Å². The van der Waals surface area contributed by atoms with Gasteiger partial charge in [-0.05, 0) is 74.7 Å². The van der Waals surface area contributed by atoms with Gasteiger partial charge in [-0.3, -0.25) is 9.10 Å². The van der Waals surface area contributed by atoms with Gasteiger partial charge in [-0.2, -0.15) is 0 Å². The largest absolute Gasteiger partial charge is 0.350 e. The summed E-state index contributed by atoms with van der Waals surface area (Å²) >= 11 is 0. The lowest BCUT2D eigenvalue weighted by molar-refractivity contribution is 0.0938. The number of sulfonamides is 1. The molecule has 150 valence electrons. The Morgan fingerprint density at radius 3 is 2.57 bits per heavy atom. The maximum atomic E-state index is 13.2. The molecule has 0 unspecified atom stereocenters. The zero-order valence-corrected chi connectivity index (χ0v) is 17.1. The number of nitrogens with one attached hydrogen (secondary N) is 1. The highest BCUT2D eigenvalue weighted by atomic mass is 32.2. The highest BCUT2D eigenvalue weighted by Crippen LogP contribution is 2.37. The van der Waals surface area contributed by atoms with Gasteiger partial charge < -0.3 is 5.32 Å². The predicted molar refractivity (Wildman–Crippen MR) is 108 cm³/mol. The van der Waals surface area contributed by atoms with Crippen LogP contribution in [0.1, 0.15) is 49.5 Å². The fourth-order valence-electron chi connectivity index (χ4n) is 3.64. The molecule has 2 atom stereocenters. The lowest BCUT2D eigenvalue weighted by Gasteiger charge is -2.24. The smallest absolute Gasteiger partial charge is 0.264 e. The lowest BCUT2D eigenvalue weighted by Crippen LogP contribution is -2.35. The summed E-state index contributed by atoms with van der Waals surface area (Å²) in [5, 5.41) is 2.97. The van der Waals surface area contributed by atoms with Gasteiger partial charge in [0.25, 0.3) is 15.9 Å². The van der Waals surface area contributed by atoms with Crippen LogP contribution < -0.4 is 9.62 Å². The van der Waals surface area contributed by atoms with E-state index in [1.165, 1.54) is 16.4 Å². The normalized spacial score (nSPS) is 17.3. The van der Waals surface area contributed by atoms with E-state index >= 15 is 0 Å². The van der Waals surface area contributed by atoms with Gasteiger partial charge in [-0.1, -0.05) is 13.3 Å². The van der Waals surface area contributed by atoms with Crippen LogP contribution in [0, 0.1) is 5.82 Å². The summed E-state index contributed by atoms with van der Waals surface area (Å²) in [5.74, 6) is -0.641. The number of carbonyl (C=O) groups is 1. The topological polar surface area (TPSA) is 66.5 Å². The highest BCUT2D eigenvalue weighted by molar-refractivity contribution is 7.92. The molecule has 5 nitrogen and oxygen atoms in total. The first kappa shape index (κ1) is 20.3. The summed E-state index contributed by atoms with van der Waals surface area (Å²) in [6, 6.07) is 9.71. The van der Waals surface area contributed by atoms with Gasteiger partial charge in [0.1, 0.15) is 5.82 Å². The van der Waals surface area contributed by atoms with Crippen molar-refractivity contribution < 1.29 is 17.6 Å². The maximum Gasteiger partial charge on any atom is 0.264 e. The second-order valence-electron chi connectivity index (χ2n) is 7.31. The summed E-state index contributed by atoms with van der Waals surface area (Å²) in [6.07, 6.45) is 2.40. The van der Waals surface area contributed by atoms with Gasteiger partial charge in [0.05, 0.1) is 10.6 Å². The van der Waals surface area contributed by atoms with Gasteiger partial charge in [0, 0.05) is 17.6 Å². The molecule has 0 aromatic heterocycles. The Bertz CT molecular complexity index is 974. The monoisotopic (exact) mass is 404 g/mol. The number of hydrogen-bond donors (Lipinski definition) is 1. The summed E-state index contributed by atoms with van der Waals surface area (Å²) in [7, 11) is -3.81. The van der Waals surface area contributed by atoms with Crippen LogP contribution in [0.25, 0.3) is 0 Å². The maximum absolute atomic E-state index is 13.2. The number of benzene rings is 2. The molecule has 1 amide bonds. The van der Waals surface area contributed by atoms with Crippen LogP contribution in [-0.4, -0.2) is 26.4 Å². The van der Waals surface area contributed by atoms with Gasteiger partial charge in [-0.15, -0.1) is 0 Å². The molecule has 0 saturated heterocycles. The number of anilines is 1. The Hall–Kier alpha value is -2.41. The first-order valence-corrected chi connectivity index (χ1v) is 10.9. The van der Waals surface area contributed by atoms with E-state index in [0.29, 0.717) is 17.7 Å². The van der Waals surface area contributed by atoms with Crippen LogP contribution in [0.2, 0.25) is 0 Å². The quantitative estimate of drug-likeness (QED) is 0.794. The number of carbonyl (C=O) groups excluding carboxylic acids is 1. The van der Waals surface area contributed by atoms with Crippen molar-refractivity contribution in [1.29, 1.82) is 0 Å². The first-order chi connectivity index (χ1) is 13.2. The third kappa shape index (κ3) is 3.90. The molecule has 1 heterocycles. The number of rotatable bonds is 6. The minimum absolute atomic E-state index is 0.0452. The van der Waals surface area contributed by atoms with E-state index in [0.717, 1.165) is 30.5 Å². The van der Waals surface area contributed by atoms with Crippen molar-refractivity contribution in [3.63, 3.8) is 0 Å². The van der Waals surface area contributed by atoms with Crippen molar-refractivity contribution in [3.05, 3.63) is 59.4 Å². The molecule has 0 radical (unpaired) electrons. The van der Waals surface area contributed by atoms with Crippen molar-refractivity contribution in [2.75, 3.05) is 4.31 Å². The molecule has 3 rings (SSSR count). The number of nitrogens with zero attached hydrogens (tertiary/aromatic N) is 1. The van der Waals surface area contributed by atoms with Crippen LogP contribution in [0.15, 0.2) is 47.4 Å². The van der Waals surface area contributed by atoms with Gasteiger partial charge in [-0.25, -0.2) is 12.8 Å². The fourth-order valence-corrected chi connectivity index (χ4v) is 5.34. The molecular weight excluding hydrogens is 379 g/mol. The minimum atomic E-state index is -3.81. The van der Waals surface area contributed by atoms with Crippen molar-refractivity contribution in [3.8, 4) is 0 Å². The van der Waals surface area contributed by atoms with Crippen molar-refractivity contribution >= 4 is 21.6 Å². The van der Waals surface area contributed by atoms with E-state index in [2.05, 4.69) is 12.2 Å². The molecular formula is C21H25FN2O3S. The lowest BCUT2D eigenvalue weighted by atomic mass is 10.1. The van der Waals surface area contributed by atoms with Crippen LogP contribution in [0.4, 0.5) is 10.1 Å². The summed E-state index contributed by atoms with van der Waals surface area (Å²) < 4.78 is 40.7. The molecule has 0 aliphatic carbocycles. The molecule has 0 saturated carbocycles. The number of hydrogen-bond acceptors (Lipinski definition) is 3. The van der Waals surface area contributed by atoms with E-state index in [1.807, 2.05) is 13.8 Å². The molecule has 1 aliphatic heterocycles. The van der Waals surface area contributed by atoms with E-state index in [9.17, 15) is 17.6 Å². The minimum Gasteiger partial charge on any atom is -0.350 e. The Balaban J connectivity index is 1.90. The average Bonchev–Trinajstić information content (AvgIpc) is 2.97. The van der Waals surface area contributed by atoms with E-state index in [1.54, 1.807) is 18.2 Å². The van der Waals surface area contributed by atoms with Crippen molar-refractivity contribution in [2.24, 2.45) is 0 Å². The molecule has 1 N–H and O–H groups in total. The standard InChI is InChI=1S/C21H25FN2O3S/c1-4-5-14(2)23-21(25)16-6-11-20-17(13-16)12-15(3)24(20)28(26,27)19-9-7-18(22)8-10-19/h6-11,13-15H,4-5,12H2,1-3H3,(H,23,25)/t14-,15-/m1/s1. The van der Waals surface area contributed by atoms with E-state index in [4.69, 9.17) is 0 Å². The Kier molecular flexibility index (Phi) is 5.74. The number of amides is 1. The van der Waals surface area contributed by atoms with Crippen LogP contribution in [0.3, 0.4) is 0 Å². The number of fused-ring (bicyclic) bond motifs is 1. The van der Waals surface area contributed by atoms with Crippen molar-refractivity contribution in [2.45, 2.75) is 57.0 Å². The summed E-state index contributed by atoms with van der Waals surface area (Å²) in [4.78, 5) is 12.5. The second kappa shape index (κ2) is 7.91. The molecule has 2 aromatic carbocycles. The predicted octanol–water partition coefficient (Wildman–Crippen LogP) is 3.88. The van der Waals surface area contributed by atoms with Gasteiger partial charge in [0.15, 0.2) is 0 Å². The third-order valence-corrected chi connectivity index (χ3v) is 6.91. The Labute approximate surface area is 165 Å². The zero-order chi connectivity index (χ0) is 20.5. The number of halogens is 1. The molecule has 28 heavy (non-hydrogen) atoms. The summed E-state index contributed by atoms with van der Waals surface area (Å²) in [5.41, 5.74) is 1.90. The van der Waals surface area contributed by atoms with Crippen molar-refractivity contribution in [1.82, 2.24) is 5.32 Å². The fraction of sp³-hybridized carbons (Fsp3) is 0.381. The Morgan fingerprint density at radius 2 is 1.93 bits per heavy atom. The van der Waals surface area contributed by atoms with E-state index < -0.39 is 15.8 Å². The van der Waals surface area contributed by atoms with Crippen LogP contribution in [-0.2, 0) is 16.4 Å². The Morgan fingerprint density at radius 1 is 1.25 bits per heavy atom. The van der Waals surface area contributed by atoms with Gasteiger partial charge >= 0.3 is 0 Å². The molecule has 0 bridgehead atoms. The SMILES string of the molecule is CCC[C@@H](C)NC(=O)c1ccc2c(c1)C[C@@H](C)N2S(=O)(=O)c1ccc(F)cc1. The average molecular weight is 405 g/mol. The molecule has 0 spiro atoms. The molecule has 7 heteroatoms. The van der Waals surface area contributed by atoms with E-state index in [-0.39, 0.29) is 22.9 Å². The molecule has 0 fully saturated rings. The zero-order valence-electron chi connectivity index (χ0n) is 16.3. The second-order valence-corrected chi connectivity index (χ2v) is 9.13. The third-order valence-electron chi connectivity index (χ3n) is 4.96. The highest BCUT2D eigenvalue weighted by Gasteiger charge is 2.36. The molecule has 2 aromatic rings. The molecule has 1 aliphatic rings. The van der Waals surface area contributed by atoms with Crippen LogP contribution >= 0.6 is 0 Å². The van der Waals surface area contributed by atoms with Gasteiger partial charge in [0.2, 0.25) is 0 Å². The first-order valence-electron chi connectivity index (χ1n) is 9.47.